The lowest BCUT2D eigenvalue weighted by Crippen LogP contribution is -2.09. The molecule has 0 N–H and O–H groups in total. The number of nitrogens with zero attached hydrogens (tertiary/aromatic N) is 6. The van der Waals surface area contributed by atoms with Crippen molar-refractivity contribution < 1.29 is 0 Å². The molecule has 0 aliphatic carbocycles. The molecule has 0 amide bonds. The third-order valence-electron chi connectivity index (χ3n) is 13.1. The molecule has 0 saturated carbocycles. The fraction of sp³-hybridized carbons (Fsp3) is 0.0345. The zero-order valence-electron chi connectivity index (χ0n) is 35.4. The van der Waals surface area contributed by atoms with Gasteiger partial charge in [0, 0.05) is 79.4 Å². The van der Waals surface area contributed by atoms with Crippen molar-refractivity contribution >= 4 is 107 Å². The number of thiophene rings is 2. The second-order valence-corrected chi connectivity index (χ2v) is 19.1. The molecule has 0 fully saturated rings. The van der Waals surface area contributed by atoms with Gasteiger partial charge >= 0.3 is 0 Å². The standard InChI is InChI=1S/C58H36N6S2/c1-3-15-35(16-4-1)56-60-55(61-57(62-56)36-17-5-2-6-18-36)28-27-37-29-38(63-47-23-11-7-19-39(47)43-30-45-41-21-9-13-25-51(41)65-53(45)32-49(43)63)34-59-58(37)64-48-24-12-8-20-40(48)44-31-46-42-22-10-14-26-52(42)66-54(46)33-50(44)64/h1-26,29-34H,27-28H2. The van der Waals surface area contributed by atoms with Gasteiger partial charge in [0.15, 0.2) is 11.6 Å². The lowest BCUT2D eigenvalue weighted by molar-refractivity contribution is 0.831. The Hall–Kier alpha value is -8.04. The van der Waals surface area contributed by atoms with Gasteiger partial charge in [0.05, 0.1) is 34.0 Å². The number of para-hydroxylation sites is 2. The Morgan fingerprint density at radius 3 is 1.42 bits per heavy atom. The van der Waals surface area contributed by atoms with Crippen molar-refractivity contribution in [2.45, 2.75) is 12.8 Å². The predicted octanol–water partition coefficient (Wildman–Crippen LogP) is 15.3. The molecule has 0 unspecified atom stereocenters. The van der Waals surface area contributed by atoms with Gasteiger partial charge in [0.2, 0.25) is 0 Å². The molecule has 6 aromatic heterocycles. The third kappa shape index (κ3) is 5.85. The van der Waals surface area contributed by atoms with E-state index < -0.39 is 0 Å². The van der Waals surface area contributed by atoms with Crippen molar-refractivity contribution in [1.82, 2.24) is 29.1 Å². The molecule has 0 saturated heterocycles. The van der Waals surface area contributed by atoms with E-state index >= 15 is 0 Å². The molecule has 8 aromatic carbocycles. The molecule has 0 atom stereocenters. The van der Waals surface area contributed by atoms with E-state index in [0.717, 1.165) is 56.1 Å². The Morgan fingerprint density at radius 2 is 0.848 bits per heavy atom. The monoisotopic (exact) mass is 880 g/mol. The largest absolute Gasteiger partial charge is 0.308 e. The maximum atomic E-state index is 5.55. The van der Waals surface area contributed by atoms with Crippen LogP contribution in [-0.2, 0) is 12.8 Å². The molecule has 0 bridgehead atoms. The number of aromatic nitrogens is 6. The number of hydrogen-bond donors (Lipinski definition) is 0. The molecule has 0 radical (unpaired) electrons. The zero-order valence-corrected chi connectivity index (χ0v) is 37.0. The first-order valence-corrected chi connectivity index (χ1v) is 23.9. The van der Waals surface area contributed by atoms with Crippen LogP contribution in [0.15, 0.2) is 194 Å². The summed E-state index contributed by atoms with van der Waals surface area (Å²) in [5.74, 6) is 2.97. The molecule has 8 heteroatoms. The Kier molecular flexibility index (Phi) is 8.35. The number of aryl methyl sites for hydroxylation is 2. The molecule has 14 rings (SSSR count). The fourth-order valence-corrected chi connectivity index (χ4v) is 12.3. The van der Waals surface area contributed by atoms with E-state index in [1.165, 1.54) is 61.9 Å². The normalized spacial score (nSPS) is 12.1. The first-order chi connectivity index (χ1) is 32.7. The van der Waals surface area contributed by atoms with E-state index in [1.807, 2.05) is 59.1 Å². The summed E-state index contributed by atoms with van der Waals surface area (Å²) in [6.07, 6.45) is 3.29. The van der Waals surface area contributed by atoms with Crippen molar-refractivity contribution in [3.05, 3.63) is 206 Å². The Morgan fingerprint density at radius 1 is 0.364 bits per heavy atom. The van der Waals surface area contributed by atoms with Gasteiger partial charge in [-0.1, -0.05) is 133 Å². The average Bonchev–Trinajstić information content (AvgIpc) is 4.12. The van der Waals surface area contributed by atoms with Gasteiger partial charge < -0.3 is 4.57 Å². The first-order valence-electron chi connectivity index (χ1n) is 22.2. The Bertz CT molecular complexity index is 4180. The number of fused-ring (bicyclic) bond motifs is 12. The lowest BCUT2D eigenvalue weighted by Gasteiger charge is -2.16. The van der Waals surface area contributed by atoms with E-state index in [-0.39, 0.29) is 0 Å². The molecule has 0 spiro atoms. The van der Waals surface area contributed by atoms with Crippen molar-refractivity contribution in [3.8, 4) is 34.3 Å². The van der Waals surface area contributed by atoms with Crippen LogP contribution in [0.3, 0.4) is 0 Å². The molecule has 66 heavy (non-hydrogen) atoms. The van der Waals surface area contributed by atoms with E-state index in [2.05, 4.69) is 167 Å². The lowest BCUT2D eigenvalue weighted by atomic mass is 10.1. The molecule has 0 aliphatic heterocycles. The number of pyridine rings is 1. The fourth-order valence-electron chi connectivity index (χ4n) is 10.1. The molecular weight excluding hydrogens is 845 g/mol. The zero-order chi connectivity index (χ0) is 43.3. The van der Waals surface area contributed by atoms with Crippen LogP contribution in [0.2, 0.25) is 0 Å². The van der Waals surface area contributed by atoms with Crippen LogP contribution in [0.1, 0.15) is 11.4 Å². The summed E-state index contributed by atoms with van der Waals surface area (Å²) in [5, 5.41) is 10.0. The van der Waals surface area contributed by atoms with Gasteiger partial charge in [0.1, 0.15) is 11.6 Å². The molecule has 6 nitrogen and oxygen atoms in total. The van der Waals surface area contributed by atoms with Gasteiger partial charge in [0.25, 0.3) is 0 Å². The van der Waals surface area contributed by atoms with Gasteiger partial charge in [-0.3, -0.25) is 4.57 Å². The minimum Gasteiger partial charge on any atom is -0.308 e. The predicted molar refractivity (Wildman–Crippen MR) is 277 cm³/mol. The summed E-state index contributed by atoms with van der Waals surface area (Å²) >= 11 is 3.70. The van der Waals surface area contributed by atoms with Crippen LogP contribution in [0, 0.1) is 0 Å². The number of hydrogen-bond acceptors (Lipinski definition) is 6. The second kappa shape index (κ2) is 14.8. The molecular formula is C58H36N6S2. The molecule has 14 aromatic rings. The van der Waals surface area contributed by atoms with Crippen LogP contribution in [0.5, 0.6) is 0 Å². The summed E-state index contributed by atoms with van der Waals surface area (Å²) in [6.45, 7) is 0. The van der Waals surface area contributed by atoms with Crippen LogP contribution < -0.4 is 0 Å². The van der Waals surface area contributed by atoms with Crippen molar-refractivity contribution in [2.24, 2.45) is 0 Å². The van der Waals surface area contributed by atoms with Crippen LogP contribution in [-0.4, -0.2) is 29.1 Å². The maximum Gasteiger partial charge on any atom is 0.163 e. The van der Waals surface area contributed by atoms with Crippen molar-refractivity contribution in [3.63, 3.8) is 0 Å². The summed E-state index contributed by atoms with van der Waals surface area (Å²) in [6, 6.07) is 67.3. The summed E-state index contributed by atoms with van der Waals surface area (Å²) in [7, 11) is 0. The van der Waals surface area contributed by atoms with Crippen LogP contribution in [0.25, 0.3) is 118 Å². The SMILES string of the molecule is c1ccc(-c2nc(CCc3cc(-n4c5ccccc5c5cc6c(cc54)sc4ccccc46)cnc3-n3c4ccccc4c4cc5c(cc43)sc3ccccc35)nc(-c3ccccc3)n2)cc1. The van der Waals surface area contributed by atoms with E-state index in [1.54, 1.807) is 0 Å². The summed E-state index contributed by atoms with van der Waals surface area (Å²) in [5.41, 5.74) is 8.60. The highest BCUT2D eigenvalue weighted by atomic mass is 32.1. The van der Waals surface area contributed by atoms with E-state index in [4.69, 9.17) is 19.9 Å². The van der Waals surface area contributed by atoms with Gasteiger partial charge in [-0.15, -0.1) is 22.7 Å². The van der Waals surface area contributed by atoms with Crippen molar-refractivity contribution in [1.29, 1.82) is 0 Å². The number of rotatable bonds is 7. The Balaban J connectivity index is 1.00. The quantitative estimate of drug-likeness (QED) is 0.160. The minimum absolute atomic E-state index is 0.577. The van der Waals surface area contributed by atoms with E-state index in [0.29, 0.717) is 24.5 Å². The topological polar surface area (TPSA) is 61.4 Å². The van der Waals surface area contributed by atoms with Gasteiger partial charge in [-0.25, -0.2) is 19.9 Å². The molecule has 0 aliphatic rings. The smallest absolute Gasteiger partial charge is 0.163 e. The van der Waals surface area contributed by atoms with Gasteiger partial charge in [-0.05, 0) is 66.6 Å². The summed E-state index contributed by atoms with van der Waals surface area (Å²) in [4.78, 5) is 20.8. The second-order valence-electron chi connectivity index (χ2n) is 16.9. The van der Waals surface area contributed by atoms with Crippen molar-refractivity contribution in [2.75, 3.05) is 0 Å². The summed E-state index contributed by atoms with van der Waals surface area (Å²) < 4.78 is 9.92. The van der Waals surface area contributed by atoms with E-state index in [9.17, 15) is 0 Å². The van der Waals surface area contributed by atoms with Gasteiger partial charge in [-0.2, -0.15) is 0 Å². The first kappa shape index (κ1) is 37.3. The molecule has 310 valence electrons. The average molecular weight is 881 g/mol. The molecule has 6 heterocycles. The van der Waals surface area contributed by atoms with Crippen LogP contribution in [0.4, 0.5) is 0 Å². The highest BCUT2D eigenvalue weighted by molar-refractivity contribution is 7.26. The highest BCUT2D eigenvalue weighted by Gasteiger charge is 2.22. The maximum absolute atomic E-state index is 5.55. The Labute approximate surface area is 386 Å². The van der Waals surface area contributed by atoms with Crippen LogP contribution >= 0.6 is 22.7 Å². The number of benzene rings is 8. The third-order valence-corrected chi connectivity index (χ3v) is 15.4. The highest BCUT2D eigenvalue weighted by Crippen LogP contribution is 2.43. The minimum atomic E-state index is 0.577.